The van der Waals surface area contributed by atoms with Crippen molar-refractivity contribution >= 4 is 28.5 Å². The number of fused-ring (bicyclic) bond motifs is 1. The molecule has 1 N–H and O–H groups in total. The number of benzene rings is 2. The number of H-pyrrole nitrogens is 1. The van der Waals surface area contributed by atoms with E-state index in [1.165, 1.54) is 11.3 Å². The number of aromatic amines is 1. The molecule has 6 nitrogen and oxygen atoms in total. The lowest BCUT2D eigenvalue weighted by Crippen LogP contribution is -2.36. The van der Waals surface area contributed by atoms with Crippen LogP contribution in [0.3, 0.4) is 0 Å². The third-order valence-corrected chi connectivity index (χ3v) is 6.14. The van der Waals surface area contributed by atoms with Crippen molar-refractivity contribution in [2.45, 2.75) is 26.2 Å². The quantitative estimate of drug-likeness (QED) is 0.391. The minimum Gasteiger partial charge on any atom is -0.426 e. The smallest absolute Gasteiger partial charge is 0.301 e. The third-order valence-electron chi connectivity index (χ3n) is 5.86. The van der Waals surface area contributed by atoms with E-state index in [1.807, 2.05) is 30.3 Å². The van der Waals surface area contributed by atoms with Crippen LogP contribution < -0.4 is 9.64 Å². The number of pyridine rings is 1. The summed E-state index contributed by atoms with van der Waals surface area (Å²) >= 11 is 6.58. The SMILES string of the molecule is CC(C)(C)c1ccc(Oc2nc3nc(-c4ccc(N5CCOCC5)cc4)c(Cl)cc3[nH]2)cc1. The Kier molecular flexibility index (Phi) is 5.72. The lowest BCUT2D eigenvalue weighted by atomic mass is 9.87. The Morgan fingerprint density at radius 2 is 1.67 bits per heavy atom. The van der Waals surface area contributed by atoms with E-state index in [9.17, 15) is 0 Å². The number of anilines is 1. The van der Waals surface area contributed by atoms with Gasteiger partial charge in [0.1, 0.15) is 5.75 Å². The zero-order valence-electron chi connectivity index (χ0n) is 19.1. The van der Waals surface area contributed by atoms with Gasteiger partial charge in [0.2, 0.25) is 0 Å². The fourth-order valence-electron chi connectivity index (χ4n) is 3.93. The van der Waals surface area contributed by atoms with E-state index in [4.69, 9.17) is 26.1 Å². The maximum Gasteiger partial charge on any atom is 0.301 e. The van der Waals surface area contributed by atoms with Gasteiger partial charge in [-0.15, -0.1) is 0 Å². The summed E-state index contributed by atoms with van der Waals surface area (Å²) in [7, 11) is 0. The fourth-order valence-corrected chi connectivity index (χ4v) is 4.19. The molecule has 0 spiro atoms. The Balaban J connectivity index is 1.38. The van der Waals surface area contributed by atoms with E-state index in [2.05, 4.69) is 59.9 Å². The molecule has 0 radical (unpaired) electrons. The van der Waals surface area contributed by atoms with Crippen LogP contribution in [0.25, 0.3) is 22.4 Å². The molecule has 170 valence electrons. The van der Waals surface area contributed by atoms with Crippen molar-refractivity contribution in [2.24, 2.45) is 0 Å². The predicted molar refractivity (Wildman–Crippen MR) is 133 cm³/mol. The zero-order chi connectivity index (χ0) is 23.0. The first-order chi connectivity index (χ1) is 15.9. The van der Waals surface area contributed by atoms with Crippen LogP contribution in [0.1, 0.15) is 26.3 Å². The van der Waals surface area contributed by atoms with E-state index in [1.54, 1.807) is 0 Å². The van der Waals surface area contributed by atoms with Crippen molar-refractivity contribution < 1.29 is 9.47 Å². The molecule has 0 amide bonds. The molecule has 0 atom stereocenters. The Morgan fingerprint density at radius 1 is 0.970 bits per heavy atom. The summed E-state index contributed by atoms with van der Waals surface area (Å²) < 4.78 is 11.4. The summed E-state index contributed by atoms with van der Waals surface area (Å²) in [5, 5.41) is 0.561. The van der Waals surface area contributed by atoms with Gasteiger partial charge in [-0.25, -0.2) is 4.98 Å². The molecular weight excluding hydrogens is 436 g/mol. The number of nitrogens with one attached hydrogen (secondary N) is 1. The van der Waals surface area contributed by atoms with Gasteiger partial charge in [0, 0.05) is 24.3 Å². The largest absolute Gasteiger partial charge is 0.426 e. The first kappa shape index (κ1) is 21.7. The van der Waals surface area contributed by atoms with E-state index < -0.39 is 0 Å². The van der Waals surface area contributed by atoms with Gasteiger partial charge in [0.15, 0.2) is 5.65 Å². The fraction of sp³-hybridized carbons (Fsp3) is 0.308. The molecule has 0 bridgehead atoms. The molecule has 33 heavy (non-hydrogen) atoms. The van der Waals surface area contributed by atoms with Crippen LogP contribution in [0.4, 0.5) is 5.69 Å². The average Bonchev–Trinajstić information content (AvgIpc) is 3.20. The van der Waals surface area contributed by atoms with Crippen molar-refractivity contribution in [2.75, 3.05) is 31.2 Å². The minimum absolute atomic E-state index is 0.0926. The molecule has 3 heterocycles. The molecular formula is C26H27ClN4O2. The van der Waals surface area contributed by atoms with Gasteiger partial charge in [-0.3, -0.25) is 0 Å². The summed E-state index contributed by atoms with van der Waals surface area (Å²) in [5.74, 6) is 0.715. The molecule has 0 aliphatic carbocycles. The van der Waals surface area contributed by atoms with E-state index in [-0.39, 0.29) is 5.41 Å². The van der Waals surface area contributed by atoms with Gasteiger partial charge in [0.25, 0.3) is 0 Å². The summed E-state index contributed by atoms with van der Waals surface area (Å²) in [6, 6.07) is 18.6. The Bertz CT molecular complexity index is 1250. The number of hydrogen-bond donors (Lipinski definition) is 1. The molecule has 0 unspecified atom stereocenters. The second kappa shape index (κ2) is 8.69. The molecule has 7 heteroatoms. The van der Waals surface area contributed by atoms with E-state index >= 15 is 0 Å². The first-order valence-corrected chi connectivity index (χ1v) is 11.5. The van der Waals surface area contributed by atoms with Crippen LogP contribution in [-0.4, -0.2) is 41.3 Å². The predicted octanol–water partition coefficient (Wildman–Crippen LogP) is 6.20. The van der Waals surface area contributed by atoms with Crippen LogP contribution in [-0.2, 0) is 10.2 Å². The minimum atomic E-state index is 0.0926. The molecule has 4 aromatic rings. The number of halogens is 1. The summed E-state index contributed by atoms with van der Waals surface area (Å²) in [5.41, 5.74) is 5.45. The van der Waals surface area contributed by atoms with E-state index in [0.717, 1.165) is 37.4 Å². The van der Waals surface area contributed by atoms with Gasteiger partial charge >= 0.3 is 6.01 Å². The summed E-state index contributed by atoms with van der Waals surface area (Å²) in [4.78, 5) is 14.7. The lowest BCUT2D eigenvalue weighted by Gasteiger charge is -2.28. The van der Waals surface area contributed by atoms with E-state index in [0.29, 0.717) is 28.1 Å². The lowest BCUT2D eigenvalue weighted by molar-refractivity contribution is 0.122. The third kappa shape index (κ3) is 4.68. The monoisotopic (exact) mass is 462 g/mol. The number of morpholine rings is 1. The van der Waals surface area contributed by atoms with Gasteiger partial charge in [-0.1, -0.05) is 56.6 Å². The topological polar surface area (TPSA) is 63.3 Å². The average molecular weight is 463 g/mol. The Hall–Kier alpha value is -3.09. The maximum atomic E-state index is 6.58. The van der Waals surface area contributed by atoms with Gasteiger partial charge in [-0.2, -0.15) is 4.98 Å². The molecule has 5 rings (SSSR count). The summed E-state index contributed by atoms with van der Waals surface area (Å²) in [6.45, 7) is 9.88. The van der Waals surface area contributed by atoms with Gasteiger partial charge in [-0.05, 0) is 41.3 Å². The number of rotatable bonds is 4. The van der Waals surface area contributed by atoms with Gasteiger partial charge < -0.3 is 19.4 Å². The second-order valence-corrected chi connectivity index (χ2v) is 9.66. The maximum absolute atomic E-state index is 6.58. The molecule has 0 saturated carbocycles. The van der Waals surface area contributed by atoms with Crippen LogP contribution in [0.5, 0.6) is 11.8 Å². The highest BCUT2D eigenvalue weighted by molar-refractivity contribution is 6.33. The first-order valence-electron chi connectivity index (χ1n) is 11.1. The number of ether oxygens (including phenoxy) is 2. The zero-order valence-corrected chi connectivity index (χ0v) is 19.8. The Morgan fingerprint density at radius 3 is 2.33 bits per heavy atom. The van der Waals surface area contributed by atoms with Crippen molar-refractivity contribution in [1.82, 2.24) is 15.0 Å². The number of imidazole rings is 1. The highest BCUT2D eigenvalue weighted by atomic mass is 35.5. The van der Waals surface area contributed by atoms with Crippen LogP contribution in [0, 0.1) is 0 Å². The van der Waals surface area contributed by atoms with Gasteiger partial charge in [0.05, 0.1) is 29.4 Å². The van der Waals surface area contributed by atoms with Crippen LogP contribution >= 0.6 is 11.6 Å². The van der Waals surface area contributed by atoms with Crippen molar-refractivity contribution in [1.29, 1.82) is 0 Å². The highest BCUT2D eigenvalue weighted by Crippen LogP contribution is 2.32. The number of nitrogens with zero attached hydrogens (tertiary/aromatic N) is 3. The van der Waals surface area contributed by atoms with Crippen molar-refractivity contribution in [3.63, 3.8) is 0 Å². The van der Waals surface area contributed by atoms with Crippen molar-refractivity contribution in [3.05, 3.63) is 65.2 Å². The number of hydrogen-bond acceptors (Lipinski definition) is 5. The molecule has 1 aliphatic rings. The summed E-state index contributed by atoms with van der Waals surface area (Å²) in [6.07, 6.45) is 0. The number of aromatic nitrogens is 3. The molecule has 2 aromatic heterocycles. The molecule has 2 aromatic carbocycles. The van der Waals surface area contributed by atoms with Crippen LogP contribution in [0.2, 0.25) is 5.02 Å². The molecule has 1 saturated heterocycles. The normalized spacial score (nSPS) is 14.6. The molecule has 1 aliphatic heterocycles. The van der Waals surface area contributed by atoms with Crippen LogP contribution in [0.15, 0.2) is 54.6 Å². The Labute approximate surface area is 198 Å². The van der Waals surface area contributed by atoms with Crippen molar-refractivity contribution in [3.8, 4) is 23.0 Å². The second-order valence-electron chi connectivity index (χ2n) is 9.25. The molecule has 1 fully saturated rings. The standard InChI is InChI=1S/C26H27ClN4O2/c1-26(2,3)18-6-10-20(11-7-18)33-25-28-22-16-21(27)23(29-24(22)30-25)17-4-8-19(9-5-17)31-12-14-32-15-13-31/h4-11,16H,12-15H2,1-3H3,(H,28,29,30). The highest BCUT2D eigenvalue weighted by Gasteiger charge is 2.16.